The fourth-order valence-electron chi connectivity index (χ4n) is 1.63. The number of hydrogen-bond acceptors (Lipinski definition) is 1. The summed E-state index contributed by atoms with van der Waals surface area (Å²) in [6.45, 7) is 5.61. The molecule has 0 fully saturated rings. The molecular weight excluding hydrogens is 215 g/mol. The second kappa shape index (κ2) is 4.09. The maximum absolute atomic E-state index is 12.6. The predicted octanol–water partition coefficient (Wildman–Crippen LogP) is 3.55. The molecule has 90 valence electrons. The van der Waals surface area contributed by atoms with Crippen molar-refractivity contribution in [2.24, 2.45) is 5.73 Å². The molecule has 2 N–H and O–H groups in total. The summed E-state index contributed by atoms with van der Waals surface area (Å²) < 4.78 is 37.7. The zero-order valence-electron chi connectivity index (χ0n) is 9.60. The summed E-state index contributed by atoms with van der Waals surface area (Å²) in [5, 5.41) is 0. The summed E-state index contributed by atoms with van der Waals surface area (Å²) in [4.78, 5) is 0. The van der Waals surface area contributed by atoms with E-state index >= 15 is 0 Å². The lowest BCUT2D eigenvalue weighted by atomic mass is 9.82. The highest BCUT2D eigenvalue weighted by Crippen LogP contribution is 2.36. The van der Waals surface area contributed by atoms with Gasteiger partial charge in [-0.1, -0.05) is 45.0 Å². The Hall–Kier alpha value is -1.03. The predicted molar refractivity (Wildman–Crippen MR) is 58.1 cm³/mol. The third-order valence-corrected chi connectivity index (χ3v) is 2.46. The van der Waals surface area contributed by atoms with Gasteiger partial charge in [-0.3, -0.25) is 0 Å². The molecule has 1 nitrogen and oxygen atoms in total. The summed E-state index contributed by atoms with van der Waals surface area (Å²) in [7, 11) is 0. The van der Waals surface area contributed by atoms with Crippen LogP contribution in [0.5, 0.6) is 0 Å². The number of benzene rings is 1. The zero-order chi connectivity index (χ0) is 12.6. The number of hydrogen-bond donors (Lipinski definition) is 1. The number of halogens is 3. The van der Waals surface area contributed by atoms with E-state index in [4.69, 9.17) is 5.73 Å². The molecule has 0 aromatic heterocycles. The van der Waals surface area contributed by atoms with E-state index < -0.39 is 12.2 Å². The molecule has 0 amide bonds. The highest BCUT2D eigenvalue weighted by atomic mass is 19.4. The fourth-order valence-corrected chi connectivity index (χ4v) is 1.63. The van der Waals surface area contributed by atoms with E-state index in [-0.39, 0.29) is 11.0 Å². The molecule has 0 saturated heterocycles. The zero-order valence-corrected chi connectivity index (χ0v) is 9.60. The van der Waals surface area contributed by atoms with Gasteiger partial charge >= 0.3 is 6.18 Å². The maximum atomic E-state index is 12.6. The van der Waals surface area contributed by atoms with Crippen LogP contribution < -0.4 is 5.73 Å². The molecule has 0 heterocycles. The van der Waals surface area contributed by atoms with Crippen LogP contribution in [-0.2, 0) is 5.41 Å². The third kappa shape index (κ3) is 2.76. The van der Waals surface area contributed by atoms with Gasteiger partial charge in [-0.2, -0.15) is 13.2 Å². The quantitative estimate of drug-likeness (QED) is 0.786. The van der Waals surface area contributed by atoms with Gasteiger partial charge in [0.2, 0.25) is 0 Å². The first-order chi connectivity index (χ1) is 7.14. The van der Waals surface area contributed by atoms with Crippen LogP contribution in [0.15, 0.2) is 24.3 Å². The summed E-state index contributed by atoms with van der Waals surface area (Å²) in [5.41, 5.74) is 5.69. The first-order valence-electron chi connectivity index (χ1n) is 5.05. The molecule has 1 atom stereocenters. The first kappa shape index (κ1) is 13.0. The van der Waals surface area contributed by atoms with Crippen LogP contribution in [0.2, 0.25) is 0 Å². The van der Waals surface area contributed by atoms with Crippen LogP contribution in [0, 0.1) is 0 Å². The van der Waals surface area contributed by atoms with Gasteiger partial charge in [0, 0.05) is 0 Å². The van der Waals surface area contributed by atoms with Crippen LogP contribution >= 0.6 is 0 Å². The van der Waals surface area contributed by atoms with Crippen molar-refractivity contribution in [2.45, 2.75) is 38.4 Å². The van der Waals surface area contributed by atoms with Gasteiger partial charge in [0.05, 0.1) is 0 Å². The van der Waals surface area contributed by atoms with E-state index in [1.54, 1.807) is 18.2 Å². The molecule has 1 unspecified atom stereocenters. The van der Waals surface area contributed by atoms with Crippen LogP contribution in [0.25, 0.3) is 0 Å². The Balaban J connectivity index is 3.25. The molecule has 1 rings (SSSR count). The van der Waals surface area contributed by atoms with E-state index in [0.29, 0.717) is 5.56 Å². The van der Waals surface area contributed by atoms with Crippen molar-refractivity contribution >= 4 is 0 Å². The van der Waals surface area contributed by atoms with E-state index in [1.807, 2.05) is 20.8 Å². The monoisotopic (exact) mass is 231 g/mol. The summed E-state index contributed by atoms with van der Waals surface area (Å²) >= 11 is 0. The Bertz CT molecular complexity index is 363. The normalized spacial score (nSPS) is 14.9. The van der Waals surface area contributed by atoms with Gasteiger partial charge in [-0.15, -0.1) is 0 Å². The smallest absolute Gasteiger partial charge is 0.316 e. The van der Waals surface area contributed by atoms with Crippen LogP contribution in [0.3, 0.4) is 0 Å². The summed E-state index contributed by atoms with van der Waals surface area (Å²) in [6, 6.07) is 4.53. The van der Waals surface area contributed by atoms with Crippen molar-refractivity contribution in [1.82, 2.24) is 0 Å². The Kier molecular flexibility index (Phi) is 3.33. The minimum absolute atomic E-state index is 0.155. The van der Waals surface area contributed by atoms with Gasteiger partial charge < -0.3 is 5.73 Å². The Morgan fingerprint density at radius 1 is 1.06 bits per heavy atom. The fraction of sp³-hybridized carbons (Fsp3) is 0.500. The minimum Gasteiger partial charge on any atom is -0.316 e. The van der Waals surface area contributed by atoms with E-state index in [2.05, 4.69) is 0 Å². The lowest BCUT2D eigenvalue weighted by molar-refractivity contribution is -0.149. The molecule has 0 saturated carbocycles. The molecule has 0 bridgehead atoms. The van der Waals surface area contributed by atoms with Gasteiger partial charge in [0.1, 0.15) is 6.04 Å². The van der Waals surface area contributed by atoms with E-state index in [0.717, 1.165) is 0 Å². The maximum Gasteiger partial charge on any atom is 0.407 e. The Morgan fingerprint density at radius 3 is 2.00 bits per heavy atom. The summed E-state index contributed by atoms with van der Waals surface area (Å²) in [6.07, 6.45) is -4.40. The van der Waals surface area contributed by atoms with Crippen molar-refractivity contribution < 1.29 is 13.2 Å². The number of rotatable bonds is 1. The van der Waals surface area contributed by atoms with Crippen molar-refractivity contribution in [3.63, 3.8) is 0 Å². The molecule has 1 aromatic carbocycles. The molecule has 16 heavy (non-hydrogen) atoms. The van der Waals surface area contributed by atoms with Crippen LogP contribution in [0.4, 0.5) is 13.2 Å². The van der Waals surface area contributed by atoms with Crippen molar-refractivity contribution in [3.05, 3.63) is 35.4 Å². The van der Waals surface area contributed by atoms with Crippen LogP contribution in [-0.4, -0.2) is 6.18 Å². The Labute approximate surface area is 93.5 Å². The van der Waals surface area contributed by atoms with Crippen LogP contribution in [0.1, 0.15) is 37.9 Å². The van der Waals surface area contributed by atoms with E-state index in [9.17, 15) is 13.2 Å². The van der Waals surface area contributed by atoms with Crippen molar-refractivity contribution in [2.75, 3.05) is 0 Å². The number of alkyl halides is 3. The van der Waals surface area contributed by atoms with Gasteiger partial charge in [-0.05, 0) is 16.5 Å². The molecule has 0 aliphatic carbocycles. The highest BCUT2D eigenvalue weighted by molar-refractivity contribution is 5.35. The molecule has 1 aromatic rings. The second-order valence-corrected chi connectivity index (χ2v) is 4.86. The molecule has 0 spiro atoms. The van der Waals surface area contributed by atoms with Gasteiger partial charge in [0.25, 0.3) is 0 Å². The molecule has 0 radical (unpaired) electrons. The van der Waals surface area contributed by atoms with Gasteiger partial charge in [0.15, 0.2) is 0 Å². The number of nitrogens with two attached hydrogens (primary N) is 1. The summed E-state index contributed by atoms with van der Waals surface area (Å²) in [5.74, 6) is 0. The molecule has 0 aliphatic heterocycles. The molecule has 4 heteroatoms. The average Bonchev–Trinajstić information content (AvgIpc) is 2.14. The SMILES string of the molecule is CC(C)(C)c1ccccc1C(N)C(F)(F)F. The molecule has 0 aliphatic rings. The third-order valence-electron chi connectivity index (χ3n) is 2.46. The average molecular weight is 231 g/mol. The molecular formula is C12H16F3N. The lowest BCUT2D eigenvalue weighted by Gasteiger charge is -2.26. The standard InChI is InChI=1S/C12H16F3N/c1-11(2,3)9-7-5-4-6-8(9)10(16)12(13,14)15/h4-7,10H,16H2,1-3H3. The topological polar surface area (TPSA) is 26.0 Å². The van der Waals surface area contributed by atoms with Crippen molar-refractivity contribution in [1.29, 1.82) is 0 Å². The minimum atomic E-state index is -4.40. The highest BCUT2D eigenvalue weighted by Gasteiger charge is 2.39. The van der Waals surface area contributed by atoms with E-state index in [1.165, 1.54) is 6.07 Å². The lowest BCUT2D eigenvalue weighted by Crippen LogP contribution is -2.31. The largest absolute Gasteiger partial charge is 0.407 e. The van der Waals surface area contributed by atoms with Gasteiger partial charge in [-0.25, -0.2) is 0 Å². The Morgan fingerprint density at radius 2 is 1.56 bits per heavy atom. The first-order valence-corrected chi connectivity index (χ1v) is 5.05. The second-order valence-electron chi connectivity index (χ2n) is 4.86. The van der Waals surface area contributed by atoms with Crippen molar-refractivity contribution in [3.8, 4) is 0 Å².